The third kappa shape index (κ3) is 1.77. The van der Waals surface area contributed by atoms with Gasteiger partial charge >= 0.3 is 0 Å². The van der Waals surface area contributed by atoms with Crippen LogP contribution < -0.4 is 0 Å². The highest BCUT2D eigenvalue weighted by atomic mass is 19.1. The van der Waals surface area contributed by atoms with E-state index >= 15 is 0 Å². The standard InChI is InChI=1S/C9H8FNO/c1-7-8(5-11-6-12)3-2-4-9(7)10/h2-4H,5H2,1H3. The molecule has 0 saturated carbocycles. The Kier molecular flexibility index (Phi) is 2.72. The van der Waals surface area contributed by atoms with Crippen LogP contribution in [0.25, 0.3) is 0 Å². The van der Waals surface area contributed by atoms with Crippen LogP contribution in [-0.2, 0) is 11.3 Å². The molecule has 0 bridgehead atoms. The van der Waals surface area contributed by atoms with Crippen molar-refractivity contribution in [2.45, 2.75) is 13.5 Å². The molecule has 0 fully saturated rings. The van der Waals surface area contributed by atoms with Crippen molar-refractivity contribution < 1.29 is 9.18 Å². The fraction of sp³-hybridized carbons (Fsp3) is 0.222. The van der Waals surface area contributed by atoms with Crippen molar-refractivity contribution in [3.63, 3.8) is 0 Å². The van der Waals surface area contributed by atoms with Crippen LogP contribution in [0.2, 0.25) is 0 Å². The van der Waals surface area contributed by atoms with E-state index in [1.54, 1.807) is 19.1 Å². The molecule has 0 unspecified atom stereocenters. The Hall–Kier alpha value is -1.47. The summed E-state index contributed by atoms with van der Waals surface area (Å²) in [5.41, 5.74) is 1.26. The van der Waals surface area contributed by atoms with E-state index in [1.807, 2.05) is 0 Å². The summed E-state index contributed by atoms with van der Waals surface area (Å²) in [5, 5.41) is 0. The maximum atomic E-state index is 12.9. The van der Waals surface area contributed by atoms with Gasteiger partial charge in [-0.2, -0.15) is 0 Å². The highest BCUT2D eigenvalue weighted by Crippen LogP contribution is 2.12. The quantitative estimate of drug-likeness (QED) is 0.486. The van der Waals surface area contributed by atoms with Crippen molar-refractivity contribution in [3.8, 4) is 0 Å². The van der Waals surface area contributed by atoms with Crippen molar-refractivity contribution in [3.05, 3.63) is 35.1 Å². The van der Waals surface area contributed by atoms with Gasteiger partial charge in [0.25, 0.3) is 0 Å². The molecule has 0 aliphatic rings. The maximum absolute atomic E-state index is 12.9. The van der Waals surface area contributed by atoms with Crippen molar-refractivity contribution in [1.29, 1.82) is 0 Å². The highest BCUT2D eigenvalue weighted by molar-refractivity contribution is 5.35. The van der Waals surface area contributed by atoms with Crippen LogP contribution in [0, 0.1) is 12.7 Å². The van der Waals surface area contributed by atoms with Crippen molar-refractivity contribution in [1.82, 2.24) is 0 Å². The van der Waals surface area contributed by atoms with Crippen molar-refractivity contribution in [2.24, 2.45) is 4.99 Å². The van der Waals surface area contributed by atoms with E-state index in [4.69, 9.17) is 0 Å². The molecule has 0 aliphatic carbocycles. The van der Waals surface area contributed by atoms with Crippen molar-refractivity contribution >= 4 is 6.08 Å². The number of aliphatic imine (C=N–C) groups is 1. The normalized spacial score (nSPS) is 9.17. The minimum Gasteiger partial charge on any atom is -0.211 e. The van der Waals surface area contributed by atoms with Gasteiger partial charge in [0.15, 0.2) is 0 Å². The third-order valence-electron chi connectivity index (χ3n) is 1.69. The van der Waals surface area contributed by atoms with Gasteiger partial charge in [-0.1, -0.05) is 12.1 Å². The first-order valence-corrected chi connectivity index (χ1v) is 3.53. The number of hydrogen-bond acceptors (Lipinski definition) is 2. The summed E-state index contributed by atoms with van der Waals surface area (Å²) in [6, 6.07) is 4.71. The fourth-order valence-corrected chi connectivity index (χ4v) is 0.941. The lowest BCUT2D eigenvalue weighted by molar-refractivity contribution is 0.562. The molecule has 0 atom stereocenters. The van der Waals surface area contributed by atoms with E-state index in [9.17, 15) is 9.18 Å². The zero-order chi connectivity index (χ0) is 8.97. The van der Waals surface area contributed by atoms with Gasteiger partial charge in [0.1, 0.15) is 5.82 Å². The molecule has 0 aromatic heterocycles. The lowest BCUT2D eigenvalue weighted by atomic mass is 10.1. The SMILES string of the molecule is Cc1c(F)cccc1CN=C=O. The zero-order valence-corrected chi connectivity index (χ0v) is 6.67. The van der Waals surface area contributed by atoms with Gasteiger partial charge in [0.2, 0.25) is 6.08 Å². The maximum Gasteiger partial charge on any atom is 0.235 e. The largest absolute Gasteiger partial charge is 0.235 e. The summed E-state index contributed by atoms with van der Waals surface area (Å²) in [4.78, 5) is 13.2. The lowest BCUT2D eigenvalue weighted by Crippen LogP contribution is -1.90. The Morgan fingerprint density at radius 3 is 3.00 bits per heavy atom. The molecule has 1 aromatic rings. The summed E-state index contributed by atoms with van der Waals surface area (Å²) >= 11 is 0. The second-order valence-electron chi connectivity index (χ2n) is 2.43. The fourth-order valence-electron chi connectivity index (χ4n) is 0.941. The van der Waals surface area contributed by atoms with E-state index in [2.05, 4.69) is 4.99 Å². The number of nitrogens with zero attached hydrogens (tertiary/aromatic N) is 1. The topological polar surface area (TPSA) is 29.4 Å². The molecule has 1 rings (SSSR count). The molecule has 12 heavy (non-hydrogen) atoms. The Labute approximate surface area is 69.7 Å². The lowest BCUT2D eigenvalue weighted by Gasteiger charge is -2.01. The number of halogens is 1. The molecule has 0 radical (unpaired) electrons. The van der Waals surface area contributed by atoms with E-state index in [0.29, 0.717) is 5.56 Å². The molecule has 62 valence electrons. The first kappa shape index (κ1) is 8.62. The molecule has 0 amide bonds. The molecule has 0 spiro atoms. The summed E-state index contributed by atoms with van der Waals surface area (Å²) < 4.78 is 12.9. The van der Waals surface area contributed by atoms with Gasteiger partial charge in [-0.3, -0.25) is 0 Å². The minimum atomic E-state index is -0.270. The Bertz CT molecular complexity index is 329. The predicted molar refractivity (Wildman–Crippen MR) is 43.0 cm³/mol. The van der Waals surface area contributed by atoms with Crippen LogP contribution in [-0.4, -0.2) is 6.08 Å². The molecule has 0 N–H and O–H groups in total. The average molecular weight is 165 g/mol. The number of hydrogen-bond donors (Lipinski definition) is 0. The number of benzene rings is 1. The first-order chi connectivity index (χ1) is 5.75. The van der Waals surface area contributed by atoms with Gasteiger partial charge in [0, 0.05) is 0 Å². The summed E-state index contributed by atoms with van der Waals surface area (Å²) in [7, 11) is 0. The van der Waals surface area contributed by atoms with Crippen LogP contribution in [0.15, 0.2) is 23.2 Å². The monoisotopic (exact) mass is 165 g/mol. The van der Waals surface area contributed by atoms with Crippen LogP contribution in [0.3, 0.4) is 0 Å². The van der Waals surface area contributed by atoms with Gasteiger partial charge < -0.3 is 0 Å². The van der Waals surface area contributed by atoms with Crippen LogP contribution >= 0.6 is 0 Å². The second-order valence-corrected chi connectivity index (χ2v) is 2.43. The number of carbonyl (C=O) groups excluding carboxylic acids is 1. The van der Waals surface area contributed by atoms with E-state index in [-0.39, 0.29) is 12.4 Å². The Balaban J connectivity index is 2.99. The zero-order valence-electron chi connectivity index (χ0n) is 6.67. The number of rotatable bonds is 2. The van der Waals surface area contributed by atoms with Gasteiger partial charge in [-0.15, -0.1) is 0 Å². The van der Waals surface area contributed by atoms with Crippen molar-refractivity contribution in [2.75, 3.05) is 0 Å². The second kappa shape index (κ2) is 3.79. The van der Waals surface area contributed by atoms with Gasteiger partial charge in [-0.25, -0.2) is 14.2 Å². The Morgan fingerprint density at radius 1 is 1.58 bits per heavy atom. The van der Waals surface area contributed by atoms with Crippen LogP contribution in [0.1, 0.15) is 11.1 Å². The first-order valence-electron chi connectivity index (χ1n) is 3.53. The molecule has 1 aromatic carbocycles. The van der Waals surface area contributed by atoms with Gasteiger partial charge in [-0.05, 0) is 24.1 Å². The number of isocyanates is 1. The molecule has 3 heteroatoms. The molecule has 2 nitrogen and oxygen atoms in total. The molecular formula is C9H8FNO. The van der Waals surface area contributed by atoms with E-state index in [1.165, 1.54) is 12.1 Å². The van der Waals surface area contributed by atoms with Crippen LogP contribution in [0.5, 0.6) is 0 Å². The third-order valence-corrected chi connectivity index (χ3v) is 1.69. The summed E-state index contributed by atoms with van der Waals surface area (Å²) in [6.45, 7) is 1.86. The summed E-state index contributed by atoms with van der Waals surface area (Å²) in [6.07, 6.45) is 1.42. The highest BCUT2D eigenvalue weighted by Gasteiger charge is 2.01. The van der Waals surface area contributed by atoms with Crippen LogP contribution in [0.4, 0.5) is 4.39 Å². The minimum absolute atomic E-state index is 0.201. The molecule has 0 saturated heterocycles. The van der Waals surface area contributed by atoms with E-state index in [0.717, 1.165) is 5.56 Å². The Morgan fingerprint density at radius 2 is 2.33 bits per heavy atom. The summed E-state index contributed by atoms with van der Waals surface area (Å²) in [5.74, 6) is -0.270. The molecular weight excluding hydrogens is 157 g/mol. The van der Waals surface area contributed by atoms with Gasteiger partial charge in [0.05, 0.1) is 6.54 Å². The molecule has 0 aliphatic heterocycles. The van der Waals surface area contributed by atoms with E-state index < -0.39 is 0 Å². The molecule has 0 heterocycles. The smallest absolute Gasteiger partial charge is 0.211 e. The average Bonchev–Trinajstić information content (AvgIpc) is 2.08. The predicted octanol–water partition coefficient (Wildman–Crippen LogP) is 1.97.